The minimum Gasteiger partial charge on any atom is -0.330 e. The molecule has 2 aromatic rings. The van der Waals surface area contributed by atoms with Gasteiger partial charge in [-0.1, -0.05) is 0 Å². The van der Waals surface area contributed by atoms with Crippen LogP contribution in [0.3, 0.4) is 0 Å². The van der Waals surface area contributed by atoms with Crippen LogP contribution in [0.1, 0.15) is 36.4 Å². The molecule has 28 heavy (non-hydrogen) atoms. The highest BCUT2D eigenvalue weighted by Gasteiger charge is 2.25. The maximum absolute atomic E-state index is 13.9. The molecule has 7 nitrogen and oxygen atoms in total. The molecule has 0 saturated carbocycles. The molecule has 3 rings (SSSR count). The van der Waals surface area contributed by atoms with Gasteiger partial charge in [-0.2, -0.15) is 5.10 Å². The zero-order valence-corrected chi connectivity index (χ0v) is 16.7. The number of rotatable bonds is 6. The van der Waals surface area contributed by atoms with Gasteiger partial charge in [0.15, 0.2) is 0 Å². The van der Waals surface area contributed by atoms with Crippen molar-refractivity contribution >= 4 is 30.5 Å². The highest BCUT2D eigenvalue weighted by molar-refractivity contribution is 7.71. The summed E-state index contributed by atoms with van der Waals surface area (Å²) in [6.45, 7) is 0.461. The lowest BCUT2D eigenvalue weighted by molar-refractivity contribution is -0.118. The average Bonchev–Trinajstić information content (AvgIpc) is 2.99. The Morgan fingerprint density at radius 2 is 2.18 bits per heavy atom. The number of halogens is 3. The molecule has 1 heterocycles. The summed E-state index contributed by atoms with van der Waals surface area (Å²) in [4.78, 5) is 12.1. The Labute approximate surface area is 172 Å². The number of hydrogen-bond acceptors (Lipinski definition) is 5. The van der Waals surface area contributed by atoms with Crippen LogP contribution in [0, 0.1) is 16.4 Å². The predicted octanol–water partition coefficient (Wildman–Crippen LogP) is 1.98. The Morgan fingerprint density at radius 3 is 2.89 bits per heavy atom. The second-order valence-corrected chi connectivity index (χ2v) is 7.03. The predicted molar refractivity (Wildman–Crippen MR) is 106 cm³/mol. The molecule has 1 aromatic heterocycles. The van der Waals surface area contributed by atoms with Crippen LogP contribution in [-0.2, 0) is 17.6 Å². The van der Waals surface area contributed by atoms with Crippen molar-refractivity contribution in [2.75, 3.05) is 12.0 Å². The first-order valence-electron chi connectivity index (χ1n) is 8.80. The van der Waals surface area contributed by atoms with Crippen molar-refractivity contribution in [2.45, 2.75) is 44.2 Å². The summed E-state index contributed by atoms with van der Waals surface area (Å²) in [5.41, 5.74) is 15.0. The Morgan fingerprint density at radius 1 is 1.43 bits per heavy atom. The number of aromatic nitrogens is 3. The number of hydrogen-bond donors (Lipinski definition) is 3. The molecule has 1 aliphatic carbocycles. The molecule has 154 valence electrons. The summed E-state index contributed by atoms with van der Waals surface area (Å²) in [5, 5.41) is 4.24. The Kier molecular flexibility index (Phi) is 7.64. The fraction of sp³-hybridized carbons (Fsp3) is 0.471. The zero-order chi connectivity index (χ0) is 19.6. The highest BCUT2D eigenvalue weighted by atomic mass is 35.5. The van der Waals surface area contributed by atoms with Gasteiger partial charge in [0.05, 0.1) is 12.1 Å². The lowest BCUT2D eigenvalue weighted by atomic mass is 9.88. The Bertz CT molecular complexity index is 902. The number of carbonyl (C=O) groups excluding carboxylic acids is 1. The number of fused-ring (bicyclic) bond motifs is 1. The number of benzene rings is 1. The SMILES string of the molecule is Cl.NCCC[C@H](N)C(=O)Nn1cnn(C2CCc3c(F)cc(F)cc3C2)c1=S. The van der Waals surface area contributed by atoms with Crippen molar-refractivity contribution in [1.29, 1.82) is 0 Å². The normalized spacial score (nSPS) is 16.8. The van der Waals surface area contributed by atoms with E-state index in [0.29, 0.717) is 54.5 Å². The van der Waals surface area contributed by atoms with Gasteiger partial charge in [-0.15, -0.1) is 12.4 Å². The molecule has 0 saturated heterocycles. The van der Waals surface area contributed by atoms with Crippen molar-refractivity contribution in [1.82, 2.24) is 14.5 Å². The minimum atomic E-state index is -0.689. The fourth-order valence-electron chi connectivity index (χ4n) is 3.31. The van der Waals surface area contributed by atoms with Gasteiger partial charge in [0, 0.05) is 6.07 Å². The van der Waals surface area contributed by atoms with Crippen molar-refractivity contribution in [3.63, 3.8) is 0 Å². The van der Waals surface area contributed by atoms with E-state index < -0.39 is 17.7 Å². The molecule has 0 bridgehead atoms. The van der Waals surface area contributed by atoms with Crippen LogP contribution in [0.15, 0.2) is 18.5 Å². The van der Waals surface area contributed by atoms with Gasteiger partial charge in [0.2, 0.25) is 4.77 Å². The molecule has 0 aliphatic heterocycles. The third-order valence-corrected chi connectivity index (χ3v) is 5.15. The molecule has 11 heteroatoms. The van der Waals surface area contributed by atoms with Gasteiger partial charge in [-0.25, -0.2) is 18.1 Å². The average molecular weight is 433 g/mol. The molecule has 0 radical (unpaired) electrons. The topological polar surface area (TPSA) is 104 Å². The summed E-state index contributed by atoms with van der Waals surface area (Å²) in [5.74, 6) is -1.49. The molecule has 0 spiro atoms. The second-order valence-electron chi connectivity index (χ2n) is 6.66. The molecule has 1 unspecified atom stereocenters. The molecule has 0 fully saturated rings. The van der Waals surface area contributed by atoms with Gasteiger partial charge < -0.3 is 11.5 Å². The van der Waals surface area contributed by atoms with E-state index in [-0.39, 0.29) is 24.4 Å². The van der Waals surface area contributed by atoms with Crippen LogP contribution in [0.2, 0.25) is 0 Å². The minimum absolute atomic E-state index is 0. The van der Waals surface area contributed by atoms with E-state index in [9.17, 15) is 13.6 Å². The molecule has 1 aromatic carbocycles. The monoisotopic (exact) mass is 432 g/mol. The van der Waals surface area contributed by atoms with E-state index in [1.165, 1.54) is 17.1 Å². The van der Waals surface area contributed by atoms with Crippen molar-refractivity contribution in [2.24, 2.45) is 11.5 Å². The first kappa shape index (κ1) is 22.4. The summed E-state index contributed by atoms with van der Waals surface area (Å²) < 4.78 is 30.6. The number of nitrogens with one attached hydrogen (secondary N) is 1. The van der Waals surface area contributed by atoms with E-state index in [4.69, 9.17) is 23.7 Å². The Hall–Kier alpha value is -1.88. The highest BCUT2D eigenvalue weighted by Crippen LogP contribution is 2.31. The van der Waals surface area contributed by atoms with Crippen molar-refractivity contribution in [3.8, 4) is 0 Å². The van der Waals surface area contributed by atoms with E-state index >= 15 is 0 Å². The lowest BCUT2D eigenvalue weighted by Gasteiger charge is -2.25. The number of carbonyl (C=O) groups is 1. The van der Waals surface area contributed by atoms with Gasteiger partial charge >= 0.3 is 0 Å². The van der Waals surface area contributed by atoms with Gasteiger partial charge in [-0.3, -0.25) is 10.2 Å². The molecular formula is C17H23ClF2N6OS. The van der Waals surface area contributed by atoms with Crippen molar-refractivity contribution < 1.29 is 13.6 Å². The van der Waals surface area contributed by atoms with Crippen LogP contribution < -0.4 is 16.9 Å². The maximum atomic E-state index is 13.9. The van der Waals surface area contributed by atoms with Gasteiger partial charge in [0.1, 0.15) is 18.0 Å². The lowest BCUT2D eigenvalue weighted by Crippen LogP contribution is -2.39. The van der Waals surface area contributed by atoms with Gasteiger partial charge in [0.25, 0.3) is 5.91 Å². The van der Waals surface area contributed by atoms with E-state index in [1.54, 1.807) is 4.68 Å². The zero-order valence-electron chi connectivity index (χ0n) is 15.1. The van der Waals surface area contributed by atoms with Crippen LogP contribution in [0.25, 0.3) is 0 Å². The molecule has 1 aliphatic rings. The van der Waals surface area contributed by atoms with Crippen LogP contribution in [-0.4, -0.2) is 33.0 Å². The number of nitrogens with two attached hydrogens (primary N) is 2. The number of amides is 1. The molecular weight excluding hydrogens is 410 g/mol. The van der Waals surface area contributed by atoms with Crippen LogP contribution in [0.4, 0.5) is 8.78 Å². The standard InChI is InChI=1S/C17H22F2N6OS.ClH/c18-11-6-10-7-12(3-4-13(10)14(19)8-11)25-17(27)24(9-22-25)23-16(26)15(21)2-1-5-20;/h6,8-9,12,15H,1-5,7,20-21H2,(H,23,26);1H/t12?,15-;/m0./s1. The largest absolute Gasteiger partial charge is 0.330 e. The van der Waals surface area contributed by atoms with E-state index in [2.05, 4.69) is 10.5 Å². The fourth-order valence-corrected chi connectivity index (χ4v) is 3.60. The van der Waals surface area contributed by atoms with Crippen LogP contribution in [0.5, 0.6) is 0 Å². The van der Waals surface area contributed by atoms with E-state index in [1.807, 2.05) is 0 Å². The first-order valence-corrected chi connectivity index (χ1v) is 9.21. The molecule has 1 amide bonds. The summed E-state index contributed by atoms with van der Waals surface area (Å²) in [6, 6.07) is 1.42. The third-order valence-electron chi connectivity index (χ3n) is 4.76. The summed E-state index contributed by atoms with van der Waals surface area (Å²) in [6.07, 6.45) is 4.02. The summed E-state index contributed by atoms with van der Waals surface area (Å²) in [7, 11) is 0. The van der Waals surface area contributed by atoms with Crippen LogP contribution >= 0.6 is 24.6 Å². The summed E-state index contributed by atoms with van der Waals surface area (Å²) >= 11 is 5.39. The van der Waals surface area contributed by atoms with E-state index in [0.717, 1.165) is 6.07 Å². The quantitative estimate of drug-likeness (QED) is 0.605. The molecule has 5 N–H and O–H groups in total. The van der Waals surface area contributed by atoms with Crippen molar-refractivity contribution in [3.05, 3.63) is 46.0 Å². The second kappa shape index (κ2) is 9.55. The maximum Gasteiger partial charge on any atom is 0.255 e. The smallest absolute Gasteiger partial charge is 0.255 e. The van der Waals surface area contributed by atoms with Gasteiger partial charge in [-0.05, 0) is 68.1 Å². The first-order chi connectivity index (χ1) is 12.9. The molecule has 2 atom stereocenters. The third kappa shape index (κ3) is 4.75. The Balaban J connectivity index is 0.00000280. The number of nitrogens with zero attached hydrogens (tertiary/aromatic N) is 3.